The summed E-state index contributed by atoms with van der Waals surface area (Å²) in [5, 5.41) is 3.17. The third-order valence-electron chi connectivity index (χ3n) is 5.88. The van der Waals surface area contributed by atoms with Crippen LogP contribution in [0.5, 0.6) is 0 Å². The van der Waals surface area contributed by atoms with Crippen molar-refractivity contribution >= 4 is 15.9 Å². The third kappa shape index (κ3) is 5.30. The van der Waals surface area contributed by atoms with Gasteiger partial charge in [0, 0.05) is 6.04 Å². The van der Waals surface area contributed by atoms with Crippen LogP contribution in [0.1, 0.15) is 38.2 Å². The molecule has 7 heteroatoms. The molecular formula is C20H32N3O3S+. The van der Waals surface area contributed by atoms with Gasteiger partial charge >= 0.3 is 0 Å². The summed E-state index contributed by atoms with van der Waals surface area (Å²) in [5.41, 5.74) is 1.04. The minimum absolute atomic E-state index is 0.0967. The Morgan fingerprint density at radius 1 is 1.11 bits per heavy atom. The number of aryl methyl sites for hydroxylation is 1. The van der Waals surface area contributed by atoms with Crippen molar-refractivity contribution in [2.75, 3.05) is 32.7 Å². The van der Waals surface area contributed by atoms with Crippen molar-refractivity contribution in [2.24, 2.45) is 5.92 Å². The van der Waals surface area contributed by atoms with Gasteiger partial charge in [-0.25, -0.2) is 8.42 Å². The van der Waals surface area contributed by atoms with E-state index in [9.17, 15) is 13.2 Å². The summed E-state index contributed by atoms with van der Waals surface area (Å²) >= 11 is 0. The maximum absolute atomic E-state index is 12.8. The number of nitrogens with one attached hydrogen (secondary N) is 2. The molecule has 1 aromatic carbocycles. The van der Waals surface area contributed by atoms with Crippen LogP contribution in [-0.4, -0.2) is 57.4 Å². The number of hydrogen-bond acceptors (Lipinski definition) is 3. The molecule has 2 aliphatic rings. The van der Waals surface area contributed by atoms with Crippen LogP contribution in [0.25, 0.3) is 0 Å². The zero-order valence-electron chi connectivity index (χ0n) is 16.4. The smallest absolute Gasteiger partial charge is 0.275 e. The van der Waals surface area contributed by atoms with Gasteiger partial charge in [-0.3, -0.25) is 4.79 Å². The average molecular weight is 395 g/mol. The molecule has 150 valence electrons. The third-order valence-corrected chi connectivity index (χ3v) is 7.79. The Morgan fingerprint density at radius 2 is 1.70 bits per heavy atom. The lowest BCUT2D eigenvalue weighted by atomic mass is 9.87. The zero-order valence-corrected chi connectivity index (χ0v) is 17.2. The predicted molar refractivity (Wildman–Crippen MR) is 105 cm³/mol. The molecule has 6 nitrogen and oxygen atoms in total. The maximum Gasteiger partial charge on any atom is 0.275 e. The topological polar surface area (TPSA) is 70.9 Å². The normalized spacial score (nSPS) is 25.3. The molecule has 1 saturated heterocycles. The van der Waals surface area contributed by atoms with Crippen molar-refractivity contribution in [3.63, 3.8) is 0 Å². The monoisotopic (exact) mass is 394 g/mol. The first kappa shape index (κ1) is 20.3. The Morgan fingerprint density at radius 3 is 2.30 bits per heavy atom. The van der Waals surface area contributed by atoms with Crippen molar-refractivity contribution in [2.45, 2.75) is 50.5 Å². The van der Waals surface area contributed by atoms with E-state index in [0.717, 1.165) is 29.2 Å². The Kier molecular flexibility index (Phi) is 6.55. The van der Waals surface area contributed by atoms with Crippen LogP contribution in [0, 0.1) is 12.8 Å². The minimum atomic E-state index is -3.44. The summed E-state index contributed by atoms with van der Waals surface area (Å²) in [4.78, 5) is 13.8. The van der Waals surface area contributed by atoms with E-state index in [2.05, 4.69) is 12.2 Å². The van der Waals surface area contributed by atoms with Crippen molar-refractivity contribution < 1.29 is 18.1 Å². The SMILES string of the molecule is Cc1ccc(S(=O)(=O)N2CC[NH+](CC(=O)NC3CCC(C)CC3)CC2)cc1. The molecule has 2 N–H and O–H groups in total. The highest BCUT2D eigenvalue weighted by molar-refractivity contribution is 7.89. The molecule has 0 spiro atoms. The number of hydrogen-bond donors (Lipinski definition) is 2. The highest BCUT2D eigenvalue weighted by Gasteiger charge is 2.31. The second-order valence-electron chi connectivity index (χ2n) is 8.17. The van der Waals surface area contributed by atoms with Gasteiger partial charge in [-0.05, 0) is 50.7 Å². The number of piperazine rings is 1. The first-order chi connectivity index (χ1) is 12.8. The lowest BCUT2D eigenvalue weighted by Gasteiger charge is -2.32. The number of sulfonamides is 1. The van der Waals surface area contributed by atoms with Crippen LogP contribution in [0.2, 0.25) is 0 Å². The van der Waals surface area contributed by atoms with Gasteiger partial charge in [0.2, 0.25) is 10.0 Å². The number of carbonyl (C=O) groups is 1. The Hall–Kier alpha value is -1.44. The van der Waals surface area contributed by atoms with Crippen LogP contribution < -0.4 is 10.2 Å². The van der Waals surface area contributed by atoms with E-state index in [1.54, 1.807) is 16.4 Å². The molecule has 27 heavy (non-hydrogen) atoms. The summed E-state index contributed by atoms with van der Waals surface area (Å²) in [6, 6.07) is 7.30. The maximum atomic E-state index is 12.8. The van der Waals surface area contributed by atoms with Crippen molar-refractivity contribution in [1.29, 1.82) is 0 Å². The van der Waals surface area contributed by atoms with Crippen LogP contribution >= 0.6 is 0 Å². The first-order valence-electron chi connectivity index (χ1n) is 10.0. The number of amides is 1. The fourth-order valence-electron chi connectivity index (χ4n) is 3.99. The van der Waals surface area contributed by atoms with Gasteiger partial charge in [-0.1, -0.05) is 24.6 Å². The molecule has 1 heterocycles. The highest BCUT2D eigenvalue weighted by Crippen LogP contribution is 2.23. The lowest BCUT2D eigenvalue weighted by Crippen LogP contribution is -3.15. The first-order valence-corrected chi connectivity index (χ1v) is 11.5. The average Bonchev–Trinajstić information content (AvgIpc) is 2.64. The lowest BCUT2D eigenvalue weighted by molar-refractivity contribution is -0.895. The molecule has 1 aromatic rings. The number of carbonyl (C=O) groups excluding carboxylic acids is 1. The van der Waals surface area contributed by atoms with E-state index in [1.807, 2.05) is 19.1 Å². The summed E-state index contributed by atoms with van der Waals surface area (Å²) in [5.74, 6) is 0.867. The molecule has 1 aliphatic heterocycles. The van der Waals surface area contributed by atoms with Crippen LogP contribution in [0.15, 0.2) is 29.2 Å². The summed E-state index contributed by atoms with van der Waals surface area (Å²) in [7, 11) is -3.44. The van der Waals surface area contributed by atoms with E-state index in [0.29, 0.717) is 43.7 Å². The number of benzene rings is 1. The van der Waals surface area contributed by atoms with E-state index in [4.69, 9.17) is 0 Å². The van der Waals surface area contributed by atoms with E-state index < -0.39 is 10.0 Å². The molecule has 1 aliphatic carbocycles. The molecular weight excluding hydrogens is 362 g/mol. The fraction of sp³-hybridized carbons (Fsp3) is 0.650. The van der Waals surface area contributed by atoms with Crippen molar-refractivity contribution in [3.05, 3.63) is 29.8 Å². The highest BCUT2D eigenvalue weighted by atomic mass is 32.2. The fourth-order valence-corrected chi connectivity index (χ4v) is 5.43. The quantitative estimate of drug-likeness (QED) is 0.768. The van der Waals surface area contributed by atoms with Crippen LogP contribution in [0.3, 0.4) is 0 Å². The zero-order chi connectivity index (χ0) is 19.4. The van der Waals surface area contributed by atoms with Gasteiger partial charge in [0.15, 0.2) is 6.54 Å². The molecule has 0 atom stereocenters. The number of rotatable bonds is 5. The molecule has 1 saturated carbocycles. The van der Waals surface area contributed by atoms with Gasteiger partial charge in [0.05, 0.1) is 31.1 Å². The van der Waals surface area contributed by atoms with Gasteiger partial charge in [-0.2, -0.15) is 4.31 Å². The number of quaternary nitrogens is 1. The van der Waals surface area contributed by atoms with Gasteiger partial charge < -0.3 is 10.2 Å². The van der Waals surface area contributed by atoms with Gasteiger partial charge in [0.1, 0.15) is 0 Å². The largest absolute Gasteiger partial charge is 0.348 e. The van der Waals surface area contributed by atoms with E-state index in [1.165, 1.54) is 12.8 Å². The predicted octanol–water partition coefficient (Wildman–Crippen LogP) is 0.579. The Balaban J connectivity index is 1.47. The minimum Gasteiger partial charge on any atom is -0.348 e. The number of nitrogens with zero attached hydrogens (tertiary/aromatic N) is 1. The van der Waals surface area contributed by atoms with Crippen LogP contribution in [-0.2, 0) is 14.8 Å². The van der Waals surface area contributed by atoms with E-state index >= 15 is 0 Å². The molecule has 0 aromatic heterocycles. The van der Waals surface area contributed by atoms with Gasteiger partial charge in [0.25, 0.3) is 5.91 Å². The van der Waals surface area contributed by atoms with Gasteiger partial charge in [-0.15, -0.1) is 0 Å². The molecule has 2 fully saturated rings. The molecule has 0 bridgehead atoms. The summed E-state index contributed by atoms with van der Waals surface area (Å²) in [6.07, 6.45) is 4.52. The summed E-state index contributed by atoms with van der Waals surface area (Å²) in [6.45, 7) is 6.90. The van der Waals surface area contributed by atoms with Crippen molar-refractivity contribution in [1.82, 2.24) is 9.62 Å². The Bertz CT molecular complexity index is 732. The van der Waals surface area contributed by atoms with Crippen LogP contribution in [0.4, 0.5) is 0 Å². The molecule has 0 unspecified atom stereocenters. The summed E-state index contributed by atoms with van der Waals surface area (Å²) < 4.78 is 27.1. The molecule has 1 amide bonds. The van der Waals surface area contributed by atoms with E-state index in [-0.39, 0.29) is 5.91 Å². The van der Waals surface area contributed by atoms with Crippen molar-refractivity contribution in [3.8, 4) is 0 Å². The molecule has 3 rings (SSSR count). The standard InChI is InChI=1S/C20H31N3O3S/c1-16-3-7-18(8-4-16)21-20(24)15-22-11-13-23(14-12-22)27(25,26)19-9-5-17(2)6-10-19/h5-6,9-10,16,18H,3-4,7-8,11-15H2,1-2H3,(H,21,24)/p+1. The Labute approximate surface area is 163 Å². The second-order valence-corrected chi connectivity index (χ2v) is 10.1. The molecule has 0 radical (unpaired) electrons. The second kappa shape index (κ2) is 8.71.